The summed E-state index contributed by atoms with van der Waals surface area (Å²) in [5.74, 6) is 1.05. The van der Waals surface area contributed by atoms with E-state index in [1.54, 1.807) is 6.07 Å². The Morgan fingerprint density at radius 2 is 2.06 bits per heavy atom. The number of halogens is 1. The second-order valence-corrected chi connectivity index (χ2v) is 4.90. The Bertz CT molecular complexity index is 529. The van der Waals surface area contributed by atoms with Gasteiger partial charge in [0.05, 0.1) is 17.1 Å². The molecule has 4 heteroatoms. The molecule has 0 spiro atoms. The normalized spacial score (nSPS) is 13.5. The first-order chi connectivity index (χ1) is 7.99. The summed E-state index contributed by atoms with van der Waals surface area (Å²) in [6, 6.07) is 4.54. The standard InChI is InChI=1S/C13H18FN3/c1-8(2)7-17-12-5-4-10(14)6-11(12)16-13(17)9(3)15/h4-6,8-9H,7,15H2,1-3H3. The van der Waals surface area contributed by atoms with Crippen molar-refractivity contribution in [3.8, 4) is 0 Å². The van der Waals surface area contributed by atoms with Crippen molar-refractivity contribution >= 4 is 11.0 Å². The highest BCUT2D eigenvalue weighted by Crippen LogP contribution is 2.22. The lowest BCUT2D eigenvalue weighted by molar-refractivity contribution is 0.505. The Kier molecular flexibility index (Phi) is 3.15. The third-order valence-corrected chi connectivity index (χ3v) is 2.69. The number of fused-ring (bicyclic) bond motifs is 1. The molecule has 0 bridgehead atoms. The Hall–Kier alpha value is -1.42. The van der Waals surface area contributed by atoms with Crippen molar-refractivity contribution in [3.63, 3.8) is 0 Å². The number of nitrogens with zero attached hydrogens (tertiary/aromatic N) is 2. The van der Waals surface area contributed by atoms with Crippen molar-refractivity contribution < 1.29 is 4.39 Å². The molecule has 1 aromatic carbocycles. The number of hydrogen-bond donors (Lipinski definition) is 1. The van der Waals surface area contributed by atoms with Gasteiger partial charge in [-0.15, -0.1) is 0 Å². The predicted octanol–water partition coefficient (Wildman–Crippen LogP) is 2.85. The van der Waals surface area contributed by atoms with Crippen LogP contribution >= 0.6 is 0 Å². The molecule has 1 heterocycles. The average Bonchev–Trinajstić information content (AvgIpc) is 2.55. The topological polar surface area (TPSA) is 43.8 Å². The lowest BCUT2D eigenvalue weighted by atomic mass is 10.2. The summed E-state index contributed by atoms with van der Waals surface area (Å²) in [5, 5.41) is 0. The quantitative estimate of drug-likeness (QED) is 0.889. The van der Waals surface area contributed by atoms with E-state index in [9.17, 15) is 4.39 Å². The monoisotopic (exact) mass is 235 g/mol. The van der Waals surface area contributed by atoms with Crippen LogP contribution in [0.5, 0.6) is 0 Å². The van der Waals surface area contributed by atoms with Crippen LogP contribution < -0.4 is 5.73 Å². The van der Waals surface area contributed by atoms with E-state index < -0.39 is 0 Å². The van der Waals surface area contributed by atoms with E-state index in [1.165, 1.54) is 12.1 Å². The highest BCUT2D eigenvalue weighted by Gasteiger charge is 2.14. The SMILES string of the molecule is CC(C)Cn1c(C(C)N)nc2cc(F)ccc21. The maximum Gasteiger partial charge on any atom is 0.126 e. The maximum absolute atomic E-state index is 13.2. The van der Waals surface area contributed by atoms with Crippen molar-refractivity contribution in [1.29, 1.82) is 0 Å². The van der Waals surface area contributed by atoms with Crippen molar-refractivity contribution in [2.45, 2.75) is 33.4 Å². The minimum atomic E-state index is -0.261. The largest absolute Gasteiger partial charge is 0.326 e. The second kappa shape index (κ2) is 4.45. The Labute approximate surface area is 100 Å². The third-order valence-electron chi connectivity index (χ3n) is 2.69. The van der Waals surface area contributed by atoms with E-state index in [0.29, 0.717) is 11.4 Å². The molecule has 2 aromatic rings. The molecule has 1 unspecified atom stereocenters. The molecule has 17 heavy (non-hydrogen) atoms. The second-order valence-electron chi connectivity index (χ2n) is 4.90. The molecule has 1 atom stereocenters. The van der Waals surface area contributed by atoms with E-state index in [4.69, 9.17) is 5.73 Å². The average molecular weight is 235 g/mol. The molecule has 0 fully saturated rings. The van der Waals surface area contributed by atoms with Crippen LogP contribution in [0.15, 0.2) is 18.2 Å². The fourth-order valence-electron chi connectivity index (χ4n) is 2.03. The minimum Gasteiger partial charge on any atom is -0.326 e. The number of benzene rings is 1. The molecule has 0 aliphatic carbocycles. The van der Waals surface area contributed by atoms with Gasteiger partial charge in [-0.25, -0.2) is 9.37 Å². The van der Waals surface area contributed by atoms with E-state index >= 15 is 0 Å². The summed E-state index contributed by atoms with van der Waals surface area (Å²) in [7, 11) is 0. The predicted molar refractivity (Wildman–Crippen MR) is 67.1 cm³/mol. The molecule has 3 nitrogen and oxygen atoms in total. The number of aromatic nitrogens is 2. The zero-order valence-electron chi connectivity index (χ0n) is 10.4. The number of imidazole rings is 1. The summed E-state index contributed by atoms with van der Waals surface area (Å²) in [6.07, 6.45) is 0. The smallest absolute Gasteiger partial charge is 0.126 e. The molecular weight excluding hydrogens is 217 g/mol. The van der Waals surface area contributed by atoms with Gasteiger partial charge in [0.2, 0.25) is 0 Å². The van der Waals surface area contributed by atoms with Crippen LogP contribution in [-0.2, 0) is 6.54 Å². The lowest BCUT2D eigenvalue weighted by Crippen LogP contribution is -2.15. The van der Waals surface area contributed by atoms with Crippen LogP contribution in [0.1, 0.15) is 32.6 Å². The molecule has 92 valence electrons. The van der Waals surface area contributed by atoms with Crippen LogP contribution in [0.2, 0.25) is 0 Å². The van der Waals surface area contributed by atoms with Gasteiger partial charge in [-0.2, -0.15) is 0 Å². The van der Waals surface area contributed by atoms with Gasteiger partial charge in [0.1, 0.15) is 11.6 Å². The van der Waals surface area contributed by atoms with Crippen LogP contribution in [0.4, 0.5) is 4.39 Å². The summed E-state index contributed by atoms with van der Waals surface area (Å²) < 4.78 is 15.2. The van der Waals surface area contributed by atoms with Crippen LogP contribution in [0.25, 0.3) is 11.0 Å². The maximum atomic E-state index is 13.2. The molecule has 0 saturated heterocycles. The van der Waals surface area contributed by atoms with Gasteiger partial charge in [-0.3, -0.25) is 0 Å². The summed E-state index contributed by atoms with van der Waals surface area (Å²) in [4.78, 5) is 4.42. The summed E-state index contributed by atoms with van der Waals surface area (Å²) in [6.45, 7) is 7.02. The van der Waals surface area contributed by atoms with Gasteiger partial charge in [-0.05, 0) is 25.0 Å². The van der Waals surface area contributed by atoms with Gasteiger partial charge in [0.25, 0.3) is 0 Å². The van der Waals surface area contributed by atoms with Crippen molar-refractivity contribution in [2.24, 2.45) is 11.7 Å². The molecule has 0 radical (unpaired) electrons. The van der Waals surface area contributed by atoms with E-state index in [-0.39, 0.29) is 11.9 Å². The van der Waals surface area contributed by atoms with Crippen LogP contribution in [-0.4, -0.2) is 9.55 Å². The van der Waals surface area contributed by atoms with Gasteiger partial charge < -0.3 is 10.3 Å². The molecule has 0 aliphatic heterocycles. The van der Waals surface area contributed by atoms with Gasteiger partial charge in [0, 0.05) is 12.6 Å². The number of nitrogens with two attached hydrogens (primary N) is 1. The van der Waals surface area contributed by atoms with E-state index in [2.05, 4.69) is 23.4 Å². The van der Waals surface area contributed by atoms with Gasteiger partial charge >= 0.3 is 0 Å². The zero-order valence-corrected chi connectivity index (χ0v) is 10.4. The van der Waals surface area contributed by atoms with E-state index in [0.717, 1.165) is 17.9 Å². The van der Waals surface area contributed by atoms with Crippen LogP contribution in [0.3, 0.4) is 0 Å². The minimum absolute atomic E-state index is 0.149. The molecule has 2 rings (SSSR count). The molecule has 2 N–H and O–H groups in total. The molecule has 0 aliphatic rings. The Morgan fingerprint density at radius 3 is 2.65 bits per heavy atom. The van der Waals surface area contributed by atoms with Crippen molar-refractivity contribution in [1.82, 2.24) is 9.55 Å². The fourth-order valence-corrected chi connectivity index (χ4v) is 2.03. The lowest BCUT2D eigenvalue weighted by Gasteiger charge is -2.13. The molecule has 1 aromatic heterocycles. The van der Waals surface area contributed by atoms with Gasteiger partial charge in [-0.1, -0.05) is 13.8 Å². The van der Waals surface area contributed by atoms with Crippen LogP contribution in [0, 0.1) is 11.7 Å². The fraction of sp³-hybridized carbons (Fsp3) is 0.462. The number of hydrogen-bond acceptors (Lipinski definition) is 2. The third kappa shape index (κ3) is 2.31. The first-order valence-corrected chi connectivity index (χ1v) is 5.90. The number of rotatable bonds is 3. The Morgan fingerprint density at radius 1 is 1.35 bits per heavy atom. The first-order valence-electron chi connectivity index (χ1n) is 5.90. The van der Waals surface area contributed by atoms with Crippen molar-refractivity contribution in [3.05, 3.63) is 29.8 Å². The van der Waals surface area contributed by atoms with E-state index in [1.807, 2.05) is 6.92 Å². The first kappa shape index (κ1) is 12.0. The highest BCUT2D eigenvalue weighted by molar-refractivity contribution is 5.76. The summed E-state index contributed by atoms with van der Waals surface area (Å²) >= 11 is 0. The molecule has 0 saturated carbocycles. The zero-order chi connectivity index (χ0) is 12.6. The highest BCUT2D eigenvalue weighted by atomic mass is 19.1. The van der Waals surface area contributed by atoms with Gasteiger partial charge in [0.15, 0.2) is 0 Å². The Balaban J connectivity index is 2.62. The molecular formula is C13H18FN3. The van der Waals surface area contributed by atoms with Crippen molar-refractivity contribution in [2.75, 3.05) is 0 Å². The summed E-state index contributed by atoms with van der Waals surface area (Å²) in [5.41, 5.74) is 7.55. The molecule has 0 amide bonds.